The molecular formula is C17H23ClF2N4O3. The van der Waals surface area contributed by atoms with Gasteiger partial charge in [0.1, 0.15) is 11.3 Å². The van der Waals surface area contributed by atoms with Crippen LogP contribution >= 0.6 is 11.6 Å². The van der Waals surface area contributed by atoms with Crippen molar-refractivity contribution in [3.63, 3.8) is 0 Å². The average molecular weight is 405 g/mol. The topological polar surface area (TPSA) is 84.4 Å². The number of carbonyl (C=O) groups is 2. The van der Waals surface area contributed by atoms with Crippen molar-refractivity contribution in [2.75, 3.05) is 13.1 Å². The van der Waals surface area contributed by atoms with E-state index in [2.05, 4.69) is 15.3 Å². The van der Waals surface area contributed by atoms with Crippen LogP contribution in [0.3, 0.4) is 0 Å². The van der Waals surface area contributed by atoms with E-state index >= 15 is 0 Å². The number of nitrogens with one attached hydrogen (secondary N) is 1. The number of carbonyl (C=O) groups excluding carboxylic acids is 2. The molecule has 2 heterocycles. The second-order valence-electron chi connectivity index (χ2n) is 7.53. The van der Waals surface area contributed by atoms with Crippen LogP contribution in [0.25, 0.3) is 0 Å². The maximum atomic E-state index is 13.9. The molecule has 1 aliphatic rings. The Morgan fingerprint density at radius 1 is 1.44 bits per heavy atom. The van der Waals surface area contributed by atoms with Crippen molar-refractivity contribution in [1.82, 2.24) is 20.2 Å². The molecule has 0 spiro atoms. The zero-order valence-electron chi connectivity index (χ0n) is 15.7. The summed E-state index contributed by atoms with van der Waals surface area (Å²) in [6.45, 7) is 5.98. The molecular weight excluding hydrogens is 382 g/mol. The number of alkyl carbamates (subject to hydrolysis) is 1. The number of hydrogen-bond acceptors (Lipinski definition) is 5. The van der Waals surface area contributed by atoms with Crippen molar-refractivity contribution in [3.8, 4) is 0 Å². The Bertz CT molecular complexity index is 725. The van der Waals surface area contributed by atoms with Crippen molar-refractivity contribution >= 4 is 23.6 Å². The summed E-state index contributed by atoms with van der Waals surface area (Å²) in [4.78, 5) is 33.4. The predicted octanol–water partition coefficient (Wildman–Crippen LogP) is 3.20. The van der Waals surface area contributed by atoms with Gasteiger partial charge >= 0.3 is 6.09 Å². The molecule has 1 fully saturated rings. The summed E-state index contributed by atoms with van der Waals surface area (Å²) in [7, 11) is 0. The first kappa shape index (κ1) is 21.3. The summed E-state index contributed by atoms with van der Waals surface area (Å²) >= 11 is 5.74. The molecule has 1 atom stereocenters. The van der Waals surface area contributed by atoms with Gasteiger partial charge in [0.05, 0.1) is 12.6 Å². The summed E-state index contributed by atoms with van der Waals surface area (Å²) < 4.78 is 33.0. The Balaban J connectivity index is 2.16. The fraction of sp³-hybridized carbons (Fsp3) is 0.647. The van der Waals surface area contributed by atoms with Gasteiger partial charge in [0, 0.05) is 19.2 Å². The highest BCUT2D eigenvalue weighted by Gasteiger charge is 2.43. The van der Waals surface area contributed by atoms with Crippen molar-refractivity contribution in [2.24, 2.45) is 0 Å². The van der Waals surface area contributed by atoms with E-state index in [9.17, 15) is 18.4 Å². The minimum Gasteiger partial charge on any atom is -0.444 e. The quantitative estimate of drug-likeness (QED) is 0.782. The van der Waals surface area contributed by atoms with E-state index < -0.39 is 36.1 Å². The lowest BCUT2D eigenvalue weighted by Crippen LogP contribution is -2.55. The minimum absolute atomic E-state index is 0.00536. The molecule has 0 saturated carbocycles. The number of aryl methyl sites for hydroxylation is 1. The van der Waals surface area contributed by atoms with Gasteiger partial charge in [-0.15, -0.1) is 0 Å². The van der Waals surface area contributed by atoms with Gasteiger partial charge in [0.15, 0.2) is 0 Å². The summed E-state index contributed by atoms with van der Waals surface area (Å²) in [6, 6.07) is -0.613. The molecule has 1 N–H and O–H groups in total. The minimum atomic E-state index is -3.01. The van der Waals surface area contributed by atoms with Gasteiger partial charge in [-0.25, -0.2) is 23.5 Å². The van der Waals surface area contributed by atoms with Gasteiger partial charge in [-0.3, -0.25) is 4.79 Å². The Kier molecular flexibility index (Phi) is 6.24. The first-order valence-electron chi connectivity index (χ1n) is 8.53. The van der Waals surface area contributed by atoms with Crippen LogP contribution in [0, 0.1) is 6.92 Å². The predicted molar refractivity (Wildman–Crippen MR) is 95.0 cm³/mol. The third kappa shape index (κ3) is 5.98. The molecule has 0 radical (unpaired) electrons. The molecule has 2 rings (SSSR count). The lowest BCUT2D eigenvalue weighted by molar-refractivity contribution is -0.0718. The molecule has 1 aromatic heterocycles. The van der Waals surface area contributed by atoms with Crippen LogP contribution in [0.15, 0.2) is 6.20 Å². The van der Waals surface area contributed by atoms with Gasteiger partial charge in [-0.2, -0.15) is 0 Å². The highest BCUT2D eigenvalue weighted by Crippen LogP contribution is 2.31. The second-order valence-corrected chi connectivity index (χ2v) is 7.87. The number of likely N-dealkylation sites (tertiary alicyclic amines) is 1. The van der Waals surface area contributed by atoms with E-state index in [0.29, 0.717) is 5.56 Å². The Morgan fingerprint density at radius 3 is 2.74 bits per heavy atom. The fourth-order valence-corrected chi connectivity index (χ4v) is 2.86. The maximum Gasteiger partial charge on any atom is 0.407 e. The average Bonchev–Trinajstić information content (AvgIpc) is 2.53. The molecule has 1 aromatic rings. The Morgan fingerprint density at radius 2 is 2.11 bits per heavy atom. The number of ether oxygens (including phenoxy) is 1. The third-order valence-corrected chi connectivity index (χ3v) is 4.15. The zero-order valence-corrected chi connectivity index (χ0v) is 16.4. The number of rotatable bonds is 3. The lowest BCUT2D eigenvalue weighted by Gasteiger charge is -2.39. The smallest absolute Gasteiger partial charge is 0.407 e. The highest BCUT2D eigenvalue weighted by molar-refractivity contribution is 6.28. The van der Waals surface area contributed by atoms with Crippen LogP contribution in [0.2, 0.25) is 5.28 Å². The Hall–Kier alpha value is -2.03. The first-order chi connectivity index (χ1) is 12.4. The second kappa shape index (κ2) is 7.92. The maximum absolute atomic E-state index is 13.9. The molecule has 1 unspecified atom stereocenters. The number of aromatic nitrogens is 2. The largest absolute Gasteiger partial charge is 0.444 e. The van der Waals surface area contributed by atoms with Crippen molar-refractivity contribution < 1.29 is 23.1 Å². The summed E-state index contributed by atoms with van der Waals surface area (Å²) in [6.07, 6.45) is 0.347. The highest BCUT2D eigenvalue weighted by atomic mass is 35.5. The molecule has 0 aromatic carbocycles. The van der Waals surface area contributed by atoms with Crippen LogP contribution in [-0.2, 0) is 4.74 Å². The molecule has 0 bridgehead atoms. The normalized spacial score (nSPS) is 19.5. The van der Waals surface area contributed by atoms with Gasteiger partial charge in [-0.1, -0.05) is 0 Å². The number of amides is 2. The third-order valence-electron chi connectivity index (χ3n) is 3.97. The van der Waals surface area contributed by atoms with E-state index in [1.54, 1.807) is 27.7 Å². The summed E-state index contributed by atoms with van der Waals surface area (Å²) in [5.74, 6) is -3.69. The summed E-state index contributed by atoms with van der Waals surface area (Å²) in [5.41, 5.74) is -0.291. The van der Waals surface area contributed by atoms with E-state index in [1.165, 1.54) is 6.20 Å². The first-order valence-corrected chi connectivity index (χ1v) is 8.90. The molecule has 2 amide bonds. The molecule has 10 heteroatoms. The lowest BCUT2D eigenvalue weighted by atomic mass is 9.98. The van der Waals surface area contributed by atoms with Crippen LogP contribution in [0.5, 0.6) is 0 Å². The summed E-state index contributed by atoms with van der Waals surface area (Å²) in [5, 5.41) is 2.40. The van der Waals surface area contributed by atoms with E-state index in [4.69, 9.17) is 16.3 Å². The Labute approximate surface area is 161 Å². The SMILES string of the molecule is Cc1cnc(Cl)nc1C(=O)N1CC(F)(F)CCC1CNC(=O)OC(C)(C)C. The fourth-order valence-electron chi connectivity index (χ4n) is 2.73. The molecule has 1 saturated heterocycles. The number of piperidine rings is 1. The van der Waals surface area contributed by atoms with Crippen LogP contribution in [-0.4, -0.2) is 57.5 Å². The molecule has 7 nitrogen and oxygen atoms in total. The van der Waals surface area contributed by atoms with Gasteiger partial charge < -0.3 is 15.0 Å². The van der Waals surface area contributed by atoms with Crippen LogP contribution < -0.4 is 5.32 Å². The monoisotopic (exact) mass is 404 g/mol. The number of hydrogen-bond donors (Lipinski definition) is 1. The van der Waals surface area contributed by atoms with Crippen molar-refractivity contribution in [2.45, 2.75) is 58.1 Å². The number of alkyl halides is 2. The van der Waals surface area contributed by atoms with Gasteiger partial charge in [0.2, 0.25) is 5.28 Å². The van der Waals surface area contributed by atoms with Gasteiger partial charge in [0.25, 0.3) is 11.8 Å². The van der Waals surface area contributed by atoms with Gasteiger partial charge in [-0.05, 0) is 51.3 Å². The van der Waals surface area contributed by atoms with Crippen LogP contribution in [0.4, 0.5) is 13.6 Å². The van der Waals surface area contributed by atoms with Crippen molar-refractivity contribution in [1.29, 1.82) is 0 Å². The number of nitrogens with zero attached hydrogens (tertiary/aromatic N) is 3. The molecule has 1 aliphatic heterocycles. The number of halogens is 3. The standard InChI is InChI=1S/C17H23ClF2N4O3/c1-10-7-21-14(18)23-12(10)13(25)24-9-17(19,20)6-5-11(24)8-22-15(26)27-16(2,3)4/h7,11H,5-6,8-9H2,1-4H3,(H,22,26). The van der Waals surface area contributed by atoms with Crippen molar-refractivity contribution in [3.05, 3.63) is 22.7 Å². The van der Waals surface area contributed by atoms with E-state index in [-0.39, 0.29) is 30.4 Å². The van der Waals surface area contributed by atoms with E-state index in [1.807, 2.05) is 0 Å². The van der Waals surface area contributed by atoms with E-state index in [0.717, 1.165) is 4.90 Å². The van der Waals surface area contributed by atoms with Crippen LogP contribution in [0.1, 0.15) is 49.7 Å². The molecule has 150 valence electrons. The zero-order chi connectivity index (χ0) is 20.4. The molecule has 27 heavy (non-hydrogen) atoms. The molecule has 0 aliphatic carbocycles.